The van der Waals surface area contributed by atoms with Crippen LogP contribution in [0.4, 0.5) is 0 Å². The summed E-state index contributed by atoms with van der Waals surface area (Å²) < 4.78 is 0. The topological polar surface area (TPSA) is 12.9 Å². The third kappa shape index (κ3) is 1.50. The van der Waals surface area contributed by atoms with Crippen LogP contribution in [0, 0.1) is 6.92 Å². The van der Waals surface area contributed by atoms with Gasteiger partial charge in [-0.15, -0.1) is 0 Å². The molecule has 0 spiro atoms. The SMILES string of the molecule is Cc1cc(C(C)C)cc2ccncc12. The van der Waals surface area contributed by atoms with Gasteiger partial charge in [0.25, 0.3) is 0 Å². The lowest BCUT2D eigenvalue weighted by molar-refractivity contribution is 0.867. The Morgan fingerprint density at radius 1 is 1.21 bits per heavy atom. The summed E-state index contributed by atoms with van der Waals surface area (Å²) in [6.45, 7) is 6.60. The van der Waals surface area contributed by atoms with Crippen molar-refractivity contribution in [2.24, 2.45) is 0 Å². The van der Waals surface area contributed by atoms with Crippen molar-refractivity contribution in [1.29, 1.82) is 0 Å². The maximum absolute atomic E-state index is 4.15. The van der Waals surface area contributed by atoms with Crippen LogP contribution in [0.25, 0.3) is 10.8 Å². The van der Waals surface area contributed by atoms with Crippen LogP contribution < -0.4 is 0 Å². The van der Waals surface area contributed by atoms with Crippen LogP contribution in [0.2, 0.25) is 0 Å². The van der Waals surface area contributed by atoms with E-state index < -0.39 is 0 Å². The first-order valence-electron chi connectivity index (χ1n) is 5.03. The fourth-order valence-electron chi connectivity index (χ4n) is 1.74. The second-order valence-electron chi connectivity index (χ2n) is 4.09. The first kappa shape index (κ1) is 9.20. The molecule has 0 saturated heterocycles. The van der Waals surface area contributed by atoms with Crippen molar-refractivity contribution in [2.45, 2.75) is 26.7 Å². The molecule has 1 aromatic carbocycles. The predicted molar refractivity (Wildman–Crippen MR) is 60.6 cm³/mol. The summed E-state index contributed by atoms with van der Waals surface area (Å²) in [4.78, 5) is 4.15. The molecule has 0 saturated carbocycles. The third-order valence-corrected chi connectivity index (χ3v) is 2.65. The maximum atomic E-state index is 4.15. The number of aryl methyl sites for hydroxylation is 1. The molecule has 0 radical (unpaired) electrons. The first-order valence-corrected chi connectivity index (χ1v) is 5.03. The summed E-state index contributed by atoms with van der Waals surface area (Å²) in [6, 6.07) is 6.59. The van der Waals surface area contributed by atoms with Crippen molar-refractivity contribution < 1.29 is 0 Å². The van der Waals surface area contributed by atoms with Gasteiger partial charge in [0, 0.05) is 17.8 Å². The molecule has 0 N–H and O–H groups in total. The van der Waals surface area contributed by atoms with E-state index in [1.807, 2.05) is 12.4 Å². The van der Waals surface area contributed by atoms with Crippen LogP contribution in [0.5, 0.6) is 0 Å². The average molecular weight is 185 g/mol. The van der Waals surface area contributed by atoms with Gasteiger partial charge in [0.15, 0.2) is 0 Å². The van der Waals surface area contributed by atoms with E-state index in [1.54, 1.807) is 0 Å². The minimum absolute atomic E-state index is 0.589. The third-order valence-electron chi connectivity index (χ3n) is 2.65. The highest BCUT2D eigenvalue weighted by molar-refractivity contribution is 5.85. The second-order valence-corrected chi connectivity index (χ2v) is 4.09. The van der Waals surface area contributed by atoms with Crippen LogP contribution in [0.15, 0.2) is 30.6 Å². The Morgan fingerprint density at radius 2 is 2.00 bits per heavy atom. The zero-order chi connectivity index (χ0) is 10.1. The Bertz CT molecular complexity index is 458. The summed E-state index contributed by atoms with van der Waals surface area (Å²) in [5.74, 6) is 0.589. The van der Waals surface area contributed by atoms with E-state index in [2.05, 4.69) is 44.0 Å². The molecule has 0 fully saturated rings. The normalized spacial score (nSPS) is 11.1. The van der Waals surface area contributed by atoms with Gasteiger partial charge in [-0.2, -0.15) is 0 Å². The van der Waals surface area contributed by atoms with Gasteiger partial charge in [0.05, 0.1) is 0 Å². The molecule has 1 nitrogen and oxygen atoms in total. The molecule has 0 aliphatic carbocycles. The number of aromatic nitrogens is 1. The minimum atomic E-state index is 0.589. The molecular formula is C13H15N. The Hall–Kier alpha value is -1.37. The highest BCUT2D eigenvalue weighted by atomic mass is 14.6. The van der Waals surface area contributed by atoms with Crippen molar-refractivity contribution in [2.75, 3.05) is 0 Å². The first-order chi connectivity index (χ1) is 6.68. The Morgan fingerprint density at radius 3 is 2.71 bits per heavy atom. The number of pyridine rings is 1. The van der Waals surface area contributed by atoms with E-state index in [4.69, 9.17) is 0 Å². The van der Waals surface area contributed by atoms with Crippen LogP contribution in [0.3, 0.4) is 0 Å². The molecule has 0 unspecified atom stereocenters. The maximum Gasteiger partial charge on any atom is 0.0349 e. The zero-order valence-corrected chi connectivity index (χ0v) is 8.91. The van der Waals surface area contributed by atoms with Crippen LogP contribution >= 0.6 is 0 Å². The van der Waals surface area contributed by atoms with Gasteiger partial charge in [0.1, 0.15) is 0 Å². The monoisotopic (exact) mass is 185 g/mol. The number of nitrogens with zero attached hydrogens (tertiary/aromatic N) is 1. The molecule has 0 aliphatic rings. The molecule has 1 aromatic heterocycles. The molecule has 0 amide bonds. The lowest BCUT2D eigenvalue weighted by atomic mass is 9.97. The largest absolute Gasteiger partial charge is 0.264 e. The van der Waals surface area contributed by atoms with E-state index in [0.717, 1.165) is 0 Å². The molecule has 1 heteroatoms. The summed E-state index contributed by atoms with van der Waals surface area (Å²) >= 11 is 0. The van der Waals surface area contributed by atoms with Crippen LogP contribution in [-0.2, 0) is 0 Å². The highest BCUT2D eigenvalue weighted by Gasteiger charge is 2.03. The second kappa shape index (κ2) is 3.41. The molecule has 2 rings (SSSR count). The van der Waals surface area contributed by atoms with Crippen molar-refractivity contribution in [3.63, 3.8) is 0 Å². The van der Waals surface area contributed by atoms with Gasteiger partial charge in [-0.25, -0.2) is 0 Å². The lowest BCUT2D eigenvalue weighted by Crippen LogP contribution is -1.90. The summed E-state index contributed by atoms with van der Waals surface area (Å²) in [5.41, 5.74) is 2.72. The summed E-state index contributed by atoms with van der Waals surface area (Å²) in [6.07, 6.45) is 3.79. The zero-order valence-electron chi connectivity index (χ0n) is 8.91. The molecule has 14 heavy (non-hydrogen) atoms. The van der Waals surface area contributed by atoms with Crippen molar-refractivity contribution in [3.05, 3.63) is 41.7 Å². The smallest absolute Gasteiger partial charge is 0.0349 e. The molecule has 0 bridgehead atoms. The molecule has 0 aliphatic heterocycles. The average Bonchev–Trinajstić information content (AvgIpc) is 2.17. The quantitative estimate of drug-likeness (QED) is 0.660. The fourth-order valence-corrected chi connectivity index (χ4v) is 1.74. The van der Waals surface area contributed by atoms with E-state index in [1.165, 1.54) is 21.9 Å². The van der Waals surface area contributed by atoms with Gasteiger partial charge < -0.3 is 0 Å². The lowest BCUT2D eigenvalue weighted by Gasteiger charge is -2.09. The summed E-state index contributed by atoms with van der Waals surface area (Å²) in [7, 11) is 0. The van der Waals surface area contributed by atoms with Gasteiger partial charge in [0.2, 0.25) is 0 Å². The number of rotatable bonds is 1. The fraction of sp³-hybridized carbons (Fsp3) is 0.308. The number of benzene rings is 1. The van der Waals surface area contributed by atoms with E-state index in [0.29, 0.717) is 5.92 Å². The van der Waals surface area contributed by atoms with Gasteiger partial charge in [-0.1, -0.05) is 26.0 Å². The standard InChI is InChI=1S/C13H15N/c1-9(2)12-6-10(3)13-8-14-5-4-11(13)7-12/h4-9H,1-3H3. The Kier molecular flexibility index (Phi) is 2.24. The molecule has 1 heterocycles. The molecule has 0 atom stereocenters. The van der Waals surface area contributed by atoms with Gasteiger partial charge in [-0.3, -0.25) is 4.98 Å². The van der Waals surface area contributed by atoms with E-state index in [9.17, 15) is 0 Å². The number of fused-ring (bicyclic) bond motifs is 1. The number of hydrogen-bond acceptors (Lipinski definition) is 1. The van der Waals surface area contributed by atoms with Crippen LogP contribution in [-0.4, -0.2) is 4.98 Å². The molecule has 2 aromatic rings. The molecular weight excluding hydrogens is 170 g/mol. The van der Waals surface area contributed by atoms with E-state index in [-0.39, 0.29) is 0 Å². The minimum Gasteiger partial charge on any atom is -0.264 e. The predicted octanol–water partition coefficient (Wildman–Crippen LogP) is 3.67. The Labute approximate surface area is 84.8 Å². The van der Waals surface area contributed by atoms with Crippen molar-refractivity contribution in [1.82, 2.24) is 4.98 Å². The molecule has 72 valence electrons. The number of hydrogen-bond donors (Lipinski definition) is 0. The Balaban J connectivity index is 2.72. The summed E-state index contributed by atoms with van der Waals surface area (Å²) in [5, 5.41) is 2.56. The van der Waals surface area contributed by atoms with Crippen molar-refractivity contribution >= 4 is 10.8 Å². The van der Waals surface area contributed by atoms with Gasteiger partial charge >= 0.3 is 0 Å². The van der Waals surface area contributed by atoms with Crippen molar-refractivity contribution in [3.8, 4) is 0 Å². The van der Waals surface area contributed by atoms with Gasteiger partial charge in [-0.05, 0) is 35.4 Å². The highest BCUT2D eigenvalue weighted by Crippen LogP contribution is 2.23. The van der Waals surface area contributed by atoms with E-state index >= 15 is 0 Å². The van der Waals surface area contributed by atoms with Crippen LogP contribution in [0.1, 0.15) is 30.9 Å².